The molecule has 2 aromatic heterocycles. The number of hydrogen-bond donors (Lipinski definition) is 0. The van der Waals surface area contributed by atoms with Gasteiger partial charge in [-0.15, -0.1) is 0 Å². The summed E-state index contributed by atoms with van der Waals surface area (Å²) < 4.78 is 13.8. The van der Waals surface area contributed by atoms with E-state index in [4.69, 9.17) is 15.0 Å². The van der Waals surface area contributed by atoms with Crippen molar-refractivity contribution in [3.05, 3.63) is 158 Å². The van der Waals surface area contributed by atoms with E-state index in [-0.39, 0.29) is 5.82 Å². The third-order valence-electron chi connectivity index (χ3n) is 8.86. The van der Waals surface area contributed by atoms with Crippen molar-refractivity contribution < 1.29 is 4.39 Å². The van der Waals surface area contributed by atoms with E-state index in [9.17, 15) is 4.39 Å². The Kier molecular flexibility index (Phi) is 6.28. The highest BCUT2D eigenvalue weighted by Crippen LogP contribution is 2.39. The highest BCUT2D eigenvalue weighted by atomic mass is 19.1. The van der Waals surface area contributed by atoms with Crippen LogP contribution in [0.1, 0.15) is 0 Å². The lowest BCUT2D eigenvalue weighted by atomic mass is 9.90. The Balaban J connectivity index is 1.13. The molecule has 5 heteroatoms. The van der Waals surface area contributed by atoms with Crippen LogP contribution in [0.2, 0.25) is 0 Å². The molecular formula is C42H25FN4. The second kappa shape index (κ2) is 10.9. The van der Waals surface area contributed by atoms with Crippen molar-refractivity contribution in [2.75, 3.05) is 0 Å². The Labute approximate surface area is 270 Å². The molecular weight excluding hydrogens is 579 g/mol. The average molecular weight is 605 g/mol. The predicted octanol–water partition coefficient (Wildman–Crippen LogP) is 10.6. The first kappa shape index (κ1) is 27.0. The molecule has 220 valence electrons. The lowest BCUT2D eigenvalue weighted by molar-refractivity contribution is 0.628. The Morgan fingerprint density at radius 1 is 0.383 bits per heavy atom. The molecule has 2 heterocycles. The molecule has 7 aromatic carbocycles. The van der Waals surface area contributed by atoms with E-state index in [0.717, 1.165) is 27.8 Å². The Morgan fingerprint density at radius 3 is 1.49 bits per heavy atom. The van der Waals surface area contributed by atoms with Crippen molar-refractivity contribution in [3.63, 3.8) is 0 Å². The molecule has 0 unspecified atom stereocenters. The van der Waals surface area contributed by atoms with Crippen LogP contribution in [0.3, 0.4) is 0 Å². The van der Waals surface area contributed by atoms with Crippen LogP contribution < -0.4 is 0 Å². The second-order valence-corrected chi connectivity index (χ2v) is 11.7. The van der Waals surface area contributed by atoms with Gasteiger partial charge in [0.2, 0.25) is 0 Å². The molecule has 0 aliphatic heterocycles. The molecule has 0 aliphatic rings. The van der Waals surface area contributed by atoms with Crippen molar-refractivity contribution in [1.82, 2.24) is 19.9 Å². The van der Waals surface area contributed by atoms with E-state index in [1.54, 1.807) is 18.3 Å². The van der Waals surface area contributed by atoms with Crippen molar-refractivity contribution in [2.24, 2.45) is 0 Å². The van der Waals surface area contributed by atoms with Gasteiger partial charge in [-0.1, -0.05) is 109 Å². The fraction of sp³-hybridized carbons (Fsp3) is 0. The summed E-state index contributed by atoms with van der Waals surface area (Å²) in [6.45, 7) is 0. The number of rotatable bonds is 5. The summed E-state index contributed by atoms with van der Waals surface area (Å²) in [5.74, 6) is 1.27. The van der Waals surface area contributed by atoms with Crippen LogP contribution in [-0.4, -0.2) is 19.9 Å². The van der Waals surface area contributed by atoms with Crippen molar-refractivity contribution >= 4 is 32.3 Å². The summed E-state index contributed by atoms with van der Waals surface area (Å²) in [5.41, 5.74) is 6.82. The smallest absolute Gasteiger partial charge is 0.164 e. The van der Waals surface area contributed by atoms with Crippen molar-refractivity contribution in [2.45, 2.75) is 0 Å². The SMILES string of the molecule is Fc1ccc(-c2nc(-c3ccc(-c4cccnc4)cc3)nc(-c3ccc(-c4ccc5ccc6cccc7ccc4c5c67)cc3)n2)cc1. The largest absolute Gasteiger partial charge is 0.264 e. The topological polar surface area (TPSA) is 51.6 Å². The standard InChI is InChI=1S/C42H25FN4/c43-35-20-16-33(17-21-35)42-46-40(31-12-6-26(7-13-31)34-5-2-24-44-25-34)45-41(47-42)32-14-8-27(9-15-32)36-22-18-30-11-10-28-3-1-4-29-19-23-37(36)39(30)38(28)29/h1-25H. The van der Waals surface area contributed by atoms with Gasteiger partial charge in [0.15, 0.2) is 17.5 Å². The second-order valence-electron chi connectivity index (χ2n) is 11.7. The van der Waals surface area contributed by atoms with Crippen LogP contribution in [0.15, 0.2) is 152 Å². The lowest BCUT2D eigenvalue weighted by Gasteiger charge is -2.14. The highest BCUT2D eigenvalue weighted by Gasteiger charge is 2.15. The van der Waals surface area contributed by atoms with E-state index >= 15 is 0 Å². The van der Waals surface area contributed by atoms with Gasteiger partial charge in [0, 0.05) is 29.1 Å². The van der Waals surface area contributed by atoms with Crippen LogP contribution in [0.25, 0.3) is 88.7 Å². The number of nitrogens with zero attached hydrogens (tertiary/aromatic N) is 4. The van der Waals surface area contributed by atoms with Gasteiger partial charge < -0.3 is 0 Å². The van der Waals surface area contributed by atoms with Crippen LogP contribution >= 0.6 is 0 Å². The van der Waals surface area contributed by atoms with Gasteiger partial charge in [-0.05, 0) is 84.9 Å². The minimum Gasteiger partial charge on any atom is -0.264 e. The first-order chi connectivity index (χ1) is 23.2. The summed E-state index contributed by atoms with van der Waals surface area (Å²) in [7, 11) is 0. The van der Waals surface area contributed by atoms with Gasteiger partial charge in [0.25, 0.3) is 0 Å². The van der Waals surface area contributed by atoms with E-state index in [1.165, 1.54) is 50.0 Å². The number of pyridine rings is 1. The molecule has 4 nitrogen and oxygen atoms in total. The molecule has 0 amide bonds. The molecule has 9 aromatic rings. The Hall–Kier alpha value is -6.33. The number of hydrogen-bond acceptors (Lipinski definition) is 4. The highest BCUT2D eigenvalue weighted by molar-refractivity contribution is 6.25. The molecule has 0 fully saturated rings. The third kappa shape index (κ3) is 4.77. The lowest BCUT2D eigenvalue weighted by Crippen LogP contribution is -2.00. The van der Waals surface area contributed by atoms with Crippen molar-refractivity contribution in [3.8, 4) is 56.4 Å². The number of halogens is 1. The number of aromatic nitrogens is 4. The molecule has 0 atom stereocenters. The predicted molar refractivity (Wildman–Crippen MR) is 188 cm³/mol. The van der Waals surface area contributed by atoms with E-state index in [1.807, 2.05) is 42.6 Å². The summed E-state index contributed by atoms with van der Waals surface area (Å²) in [5, 5.41) is 7.58. The van der Waals surface area contributed by atoms with Gasteiger partial charge in [-0.25, -0.2) is 19.3 Å². The molecule has 0 N–H and O–H groups in total. The van der Waals surface area contributed by atoms with Crippen molar-refractivity contribution in [1.29, 1.82) is 0 Å². The molecule has 0 saturated carbocycles. The molecule has 0 radical (unpaired) electrons. The maximum absolute atomic E-state index is 13.8. The van der Waals surface area contributed by atoms with Crippen LogP contribution in [0.4, 0.5) is 4.39 Å². The molecule has 0 aliphatic carbocycles. The maximum Gasteiger partial charge on any atom is 0.164 e. The minimum atomic E-state index is -0.309. The van der Waals surface area contributed by atoms with E-state index < -0.39 is 0 Å². The molecule has 0 bridgehead atoms. The Morgan fingerprint density at radius 2 is 0.894 bits per heavy atom. The van der Waals surface area contributed by atoms with Gasteiger partial charge in [-0.2, -0.15) is 0 Å². The first-order valence-corrected chi connectivity index (χ1v) is 15.5. The molecule has 0 spiro atoms. The van der Waals surface area contributed by atoms with E-state index in [0.29, 0.717) is 23.0 Å². The third-order valence-corrected chi connectivity index (χ3v) is 8.86. The number of benzene rings is 7. The summed E-state index contributed by atoms with van der Waals surface area (Å²) in [6.07, 6.45) is 3.61. The summed E-state index contributed by atoms with van der Waals surface area (Å²) in [6, 6.07) is 46.4. The fourth-order valence-corrected chi connectivity index (χ4v) is 6.49. The molecule has 9 rings (SSSR count). The maximum atomic E-state index is 13.8. The summed E-state index contributed by atoms with van der Waals surface area (Å²) >= 11 is 0. The Bertz CT molecular complexity index is 2530. The first-order valence-electron chi connectivity index (χ1n) is 15.5. The van der Waals surface area contributed by atoms with Gasteiger partial charge >= 0.3 is 0 Å². The normalized spacial score (nSPS) is 11.5. The van der Waals surface area contributed by atoms with Gasteiger partial charge in [0.05, 0.1) is 0 Å². The molecule has 0 saturated heterocycles. The van der Waals surface area contributed by atoms with Gasteiger partial charge in [-0.3, -0.25) is 4.98 Å². The van der Waals surface area contributed by atoms with Crippen LogP contribution in [-0.2, 0) is 0 Å². The van der Waals surface area contributed by atoms with Crippen LogP contribution in [0, 0.1) is 5.82 Å². The zero-order valence-corrected chi connectivity index (χ0v) is 25.1. The monoisotopic (exact) mass is 604 g/mol. The molecule has 47 heavy (non-hydrogen) atoms. The minimum absolute atomic E-state index is 0.309. The quantitative estimate of drug-likeness (QED) is 0.183. The van der Waals surface area contributed by atoms with Gasteiger partial charge in [0.1, 0.15) is 5.82 Å². The zero-order valence-electron chi connectivity index (χ0n) is 25.1. The summed E-state index contributed by atoms with van der Waals surface area (Å²) in [4.78, 5) is 18.8. The van der Waals surface area contributed by atoms with E-state index in [2.05, 4.69) is 83.8 Å². The average Bonchev–Trinajstić information content (AvgIpc) is 3.14. The fourth-order valence-electron chi connectivity index (χ4n) is 6.49. The van der Waals surface area contributed by atoms with Crippen LogP contribution in [0.5, 0.6) is 0 Å². The zero-order chi connectivity index (χ0) is 31.3.